The van der Waals surface area contributed by atoms with Gasteiger partial charge in [-0.15, -0.1) is 0 Å². The number of ether oxygens (including phenoxy) is 1. The number of benzene rings is 2. The molecule has 0 bridgehead atoms. The number of fused-ring (bicyclic) bond motifs is 1. The smallest absolute Gasteiger partial charge is 0.222 e. The van der Waals surface area contributed by atoms with Crippen molar-refractivity contribution in [1.82, 2.24) is 14.9 Å². The van der Waals surface area contributed by atoms with Crippen LogP contribution in [0.3, 0.4) is 0 Å². The van der Waals surface area contributed by atoms with Gasteiger partial charge in [0.25, 0.3) is 0 Å². The Balaban J connectivity index is 1.58. The lowest BCUT2D eigenvalue weighted by Gasteiger charge is -2.16. The molecule has 6 heteroatoms. The third-order valence-corrected chi connectivity index (χ3v) is 5.12. The van der Waals surface area contributed by atoms with E-state index in [9.17, 15) is 0 Å². The second kappa shape index (κ2) is 7.40. The van der Waals surface area contributed by atoms with E-state index in [2.05, 4.69) is 33.9 Å². The molecule has 0 aliphatic carbocycles. The Hall–Kier alpha value is -2.86. The quantitative estimate of drug-likeness (QED) is 0.723. The zero-order valence-electron chi connectivity index (χ0n) is 15.6. The summed E-state index contributed by atoms with van der Waals surface area (Å²) in [6, 6.07) is 12.1. The van der Waals surface area contributed by atoms with Gasteiger partial charge in [0.15, 0.2) is 0 Å². The second-order valence-electron chi connectivity index (χ2n) is 7.04. The highest BCUT2D eigenvalue weighted by atomic mass is 16.5. The van der Waals surface area contributed by atoms with Crippen LogP contribution < -0.4 is 16.2 Å². The molecule has 0 unspecified atom stereocenters. The highest BCUT2D eigenvalue weighted by Crippen LogP contribution is 2.33. The number of anilines is 2. The average Bonchev–Trinajstić information content (AvgIpc) is 3.15. The van der Waals surface area contributed by atoms with E-state index in [0.29, 0.717) is 12.4 Å². The van der Waals surface area contributed by atoms with Crippen LogP contribution in [-0.2, 0) is 0 Å². The first-order valence-electron chi connectivity index (χ1n) is 9.40. The van der Waals surface area contributed by atoms with Crippen LogP contribution in [0.2, 0.25) is 0 Å². The fourth-order valence-corrected chi connectivity index (χ4v) is 3.74. The van der Waals surface area contributed by atoms with Crippen molar-refractivity contribution in [3.63, 3.8) is 0 Å². The van der Waals surface area contributed by atoms with E-state index in [-0.39, 0.29) is 5.95 Å². The van der Waals surface area contributed by atoms with E-state index in [1.807, 2.05) is 24.3 Å². The lowest BCUT2D eigenvalue weighted by Crippen LogP contribution is -2.25. The fourth-order valence-electron chi connectivity index (χ4n) is 3.74. The highest BCUT2D eigenvalue weighted by Gasteiger charge is 2.13. The summed E-state index contributed by atoms with van der Waals surface area (Å²) < 4.78 is 6.01. The van der Waals surface area contributed by atoms with Crippen LogP contribution in [-0.4, -0.2) is 41.1 Å². The minimum Gasteiger partial charge on any atom is -0.492 e. The minimum absolute atomic E-state index is 0.190. The molecule has 0 radical (unpaired) electrons. The van der Waals surface area contributed by atoms with E-state index in [1.165, 1.54) is 25.9 Å². The third kappa shape index (κ3) is 3.66. The lowest BCUT2D eigenvalue weighted by atomic mass is 9.99. The van der Waals surface area contributed by atoms with Gasteiger partial charge in [-0.3, -0.25) is 4.90 Å². The maximum absolute atomic E-state index is 6.13. The van der Waals surface area contributed by atoms with Gasteiger partial charge in [0.1, 0.15) is 18.2 Å². The third-order valence-electron chi connectivity index (χ3n) is 5.12. The van der Waals surface area contributed by atoms with Crippen molar-refractivity contribution >= 4 is 22.7 Å². The van der Waals surface area contributed by atoms with Gasteiger partial charge in [-0.25, -0.2) is 4.98 Å². The van der Waals surface area contributed by atoms with Crippen LogP contribution >= 0.6 is 0 Å². The topological polar surface area (TPSA) is 90.3 Å². The molecule has 4 rings (SSSR count). The summed E-state index contributed by atoms with van der Waals surface area (Å²) in [5.41, 5.74) is 15.8. The summed E-state index contributed by atoms with van der Waals surface area (Å²) >= 11 is 0. The SMILES string of the molecule is Cc1cc(-c2cccc3nc(N)nc(N)c23)ccc1OCCN1CCCC1. The molecule has 2 aromatic carbocycles. The zero-order chi connectivity index (χ0) is 18.8. The number of nitrogens with zero attached hydrogens (tertiary/aromatic N) is 3. The number of nitrogens with two attached hydrogens (primary N) is 2. The van der Waals surface area contributed by atoms with Crippen molar-refractivity contribution in [1.29, 1.82) is 0 Å². The Morgan fingerprint density at radius 1 is 1.07 bits per heavy atom. The molecular formula is C21H25N5O. The maximum atomic E-state index is 6.13. The molecule has 6 nitrogen and oxygen atoms in total. The molecule has 3 aromatic rings. The molecule has 1 aromatic heterocycles. The summed E-state index contributed by atoms with van der Waals surface area (Å²) in [4.78, 5) is 10.9. The molecule has 0 atom stereocenters. The summed E-state index contributed by atoms with van der Waals surface area (Å²) in [6.45, 7) is 6.15. The van der Waals surface area contributed by atoms with Gasteiger partial charge >= 0.3 is 0 Å². The molecule has 0 saturated carbocycles. The molecule has 0 amide bonds. The predicted molar refractivity (Wildman–Crippen MR) is 110 cm³/mol. The molecular weight excluding hydrogens is 338 g/mol. The van der Waals surface area contributed by atoms with E-state index in [1.54, 1.807) is 0 Å². The average molecular weight is 363 g/mol. The number of hydrogen-bond donors (Lipinski definition) is 2. The van der Waals surface area contributed by atoms with E-state index >= 15 is 0 Å². The van der Waals surface area contributed by atoms with Gasteiger partial charge in [-0.05, 0) is 67.7 Å². The van der Waals surface area contributed by atoms with E-state index in [0.717, 1.165) is 39.9 Å². The minimum atomic E-state index is 0.190. The number of hydrogen-bond acceptors (Lipinski definition) is 6. The summed E-state index contributed by atoms with van der Waals surface area (Å²) in [7, 11) is 0. The van der Waals surface area contributed by atoms with Gasteiger partial charge in [-0.1, -0.05) is 18.2 Å². The van der Waals surface area contributed by atoms with Gasteiger partial charge < -0.3 is 16.2 Å². The van der Waals surface area contributed by atoms with Crippen LogP contribution in [0.1, 0.15) is 18.4 Å². The monoisotopic (exact) mass is 363 g/mol. The standard InChI is InChI=1S/C21H25N5O/c1-14-13-15(7-8-18(14)27-12-11-26-9-2-3-10-26)16-5-4-6-17-19(16)20(22)25-21(23)24-17/h4-8,13H,2-3,9-12H2,1H3,(H4,22,23,24,25). The second-order valence-corrected chi connectivity index (χ2v) is 7.04. The molecule has 1 saturated heterocycles. The number of aromatic nitrogens is 2. The Labute approximate surface area is 159 Å². The normalized spacial score (nSPS) is 14.7. The summed E-state index contributed by atoms with van der Waals surface area (Å²) in [5.74, 6) is 1.51. The van der Waals surface area contributed by atoms with Crippen molar-refractivity contribution in [2.75, 3.05) is 37.7 Å². The van der Waals surface area contributed by atoms with E-state index in [4.69, 9.17) is 16.2 Å². The van der Waals surface area contributed by atoms with Gasteiger partial charge in [0.05, 0.1) is 10.9 Å². The van der Waals surface area contributed by atoms with Gasteiger partial charge in [-0.2, -0.15) is 4.98 Å². The molecule has 1 aliphatic rings. The maximum Gasteiger partial charge on any atom is 0.222 e. The largest absolute Gasteiger partial charge is 0.492 e. The molecule has 27 heavy (non-hydrogen) atoms. The Kier molecular flexibility index (Phi) is 4.81. The van der Waals surface area contributed by atoms with Crippen molar-refractivity contribution in [2.45, 2.75) is 19.8 Å². The molecule has 1 fully saturated rings. The van der Waals surface area contributed by atoms with Crippen LogP contribution in [0.5, 0.6) is 5.75 Å². The number of nitrogen functional groups attached to an aromatic ring is 2. The van der Waals surface area contributed by atoms with Crippen LogP contribution in [0.15, 0.2) is 36.4 Å². The van der Waals surface area contributed by atoms with E-state index < -0.39 is 0 Å². The molecule has 0 spiro atoms. The predicted octanol–water partition coefficient (Wildman–Crippen LogP) is 3.24. The number of likely N-dealkylation sites (tertiary alicyclic amines) is 1. The van der Waals surface area contributed by atoms with Gasteiger partial charge in [0.2, 0.25) is 5.95 Å². The van der Waals surface area contributed by atoms with Crippen LogP contribution in [0.4, 0.5) is 11.8 Å². The molecule has 1 aliphatic heterocycles. The molecule has 2 heterocycles. The van der Waals surface area contributed by atoms with Crippen LogP contribution in [0.25, 0.3) is 22.0 Å². The van der Waals surface area contributed by atoms with Gasteiger partial charge in [0, 0.05) is 6.54 Å². The number of rotatable bonds is 5. The summed E-state index contributed by atoms with van der Waals surface area (Å²) in [5, 5.41) is 0.828. The first-order valence-corrected chi connectivity index (χ1v) is 9.40. The highest BCUT2D eigenvalue weighted by molar-refractivity contribution is 6.01. The lowest BCUT2D eigenvalue weighted by molar-refractivity contribution is 0.237. The van der Waals surface area contributed by atoms with Crippen molar-refractivity contribution in [3.05, 3.63) is 42.0 Å². The first kappa shape index (κ1) is 17.5. The first-order chi connectivity index (χ1) is 13.1. The fraction of sp³-hybridized carbons (Fsp3) is 0.333. The Bertz CT molecular complexity index is 966. The summed E-state index contributed by atoms with van der Waals surface area (Å²) in [6.07, 6.45) is 2.61. The zero-order valence-corrected chi connectivity index (χ0v) is 15.6. The molecule has 4 N–H and O–H groups in total. The number of aryl methyl sites for hydroxylation is 1. The molecule has 140 valence electrons. The van der Waals surface area contributed by atoms with Crippen LogP contribution in [0, 0.1) is 6.92 Å². The van der Waals surface area contributed by atoms with Crippen molar-refractivity contribution in [2.24, 2.45) is 0 Å². The van der Waals surface area contributed by atoms with Crippen molar-refractivity contribution < 1.29 is 4.74 Å². The Morgan fingerprint density at radius 2 is 1.89 bits per heavy atom. The van der Waals surface area contributed by atoms with Crippen molar-refractivity contribution in [3.8, 4) is 16.9 Å². The Morgan fingerprint density at radius 3 is 2.67 bits per heavy atom.